The highest BCUT2D eigenvalue weighted by Gasteiger charge is 2.38. The minimum Gasteiger partial charge on any atom is -0.381 e. The van der Waals surface area contributed by atoms with Crippen LogP contribution in [0.25, 0.3) is 0 Å². The molecule has 1 saturated heterocycles. The van der Waals surface area contributed by atoms with Crippen molar-refractivity contribution in [2.45, 2.75) is 12.8 Å². The zero-order valence-electron chi connectivity index (χ0n) is 10.7. The first-order valence-corrected chi connectivity index (χ1v) is 6.22. The number of hydrogen-bond acceptors (Lipinski definition) is 3. The molecule has 0 aromatic heterocycles. The first-order valence-electron chi connectivity index (χ1n) is 6.22. The number of halogens is 3. The van der Waals surface area contributed by atoms with E-state index in [0.717, 1.165) is 12.1 Å². The maximum absolute atomic E-state index is 13.1. The summed E-state index contributed by atoms with van der Waals surface area (Å²) in [6, 6.07) is 1.47. The van der Waals surface area contributed by atoms with Crippen molar-refractivity contribution in [2.75, 3.05) is 25.1 Å². The molecular weight excluding hydrogens is 273 g/mol. The molecule has 0 bridgehead atoms. The Labute approximate surface area is 114 Å². The third kappa shape index (κ3) is 2.78. The van der Waals surface area contributed by atoms with Gasteiger partial charge < -0.3 is 15.8 Å². The molecule has 1 aliphatic heterocycles. The summed E-state index contributed by atoms with van der Waals surface area (Å²) in [6.07, 6.45) is 0.864. The summed E-state index contributed by atoms with van der Waals surface area (Å²) in [6.45, 7) is 0.905. The molecule has 2 rings (SSSR count). The number of carbonyl (C=O) groups excluding carboxylic acids is 1. The van der Waals surface area contributed by atoms with Crippen molar-refractivity contribution < 1.29 is 22.7 Å². The summed E-state index contributed by atoms with van der Waals surface area (Å²) in [4.78, 5) is 12.2. The van der Waals surface area contributed by atoms with E-state index in [9.17, 15) is 18.0 Å². The second-order valence-corrected chi connectivity index (χ2v) is 4.80. The van der Waals surface area contributed by atoms with Gasteiger partial charge in [-0.05, 0) is 12.8 Å². The highest BCUT2D eigenvalue weighted by Crippen LogP contribution is 2.31. The van der Waals surface area contributed by atoms with Crippen molar-refractivity contribution >= 4 is 11.6 Å². The zero-order valence-corrected chi connectivity index (χ0v) is 10.7. The normalized spacial score (nSPS) is 17.8. The molecular formula is C13H15F3N2O2. The van der Waals surface area contributed by atoms with Crippen LogP contribution in [0.3, 0.4) is 0 Å². The molecule has 110 valence electrons. The quantitative estimate of drug-likeness (QED) is 0.834. The number of nitrogens with two attached hydrogens (primary N) is 1. The number of hydrogen-bond donors (Lipinski definition) is 2. The Kier molecular flexibility index (Phi) is 4.29. The molecule has 1 aromatic carbocycles. The summed E-state index contributed by atoms with van der Waals surface area (Å²) in [7, 11) is 0. The van der Waals surface area contributed by atoms with E-state index in [1.165, 1.54) is 0 Å². The summed E-state index contributed by atoms with van der Waals surface area (Å²) < 4.78 is 44.2. The summed E-state index contributed by atoms with van der Waals surface area (Å²) in [5.74, 6) is -4.71. The van der Waals surface area contributed by atoms with Crippen LogP contribution in [0.15, 0.2) is 12.1 Å². The van der Waals surface area contributed by atoms with Crippen LogP contribution in [0.1, 0.15) is 12.8 Å². The van der Waals surface area contributed by atoms with E-state index in [1.807, 2.05) is 0 Å². The van der Waals surface area contributed by atoms with Gasteiger partial charge in [-0.1, -0.05) is 0 Å². The average molecular weight is 288 g/mol. The Balaban J connectivity index is 2.18. The highest BCUT2D eigenvalue weighted by molar-refractivity contribution is 5.95. The van der Waals surface area contributed by atoms with Crippen LogP contribution in [0.4, 0.5) is 18.9 Å². The van der Waals surface area contributed by atoms with Gasteiger partial charge in [-0.25, -0.2) is 13.2 Å². The fourth-order valence-electron chi connectivity index (χ4n) is 2.18. The van der Waals surface area contributed by atoms with Crippen molar-refractivity contribution in [3.05, 3.63) is 29.6 Å². The summed E-state index contributed by atoms with van der Waals surface area (Å²) in [5, 5.41) is 2.39. The molecule has 1 aromatic rings. The average Bonchev–Trinajstić information content (AvgIpc) is 2.45. The van der Waals surface area contributed by atoms with Gasteiger partial charge in [0, 0.05) is 37.6 Å². The SMILES string of the molecule is NCC1(C(=O)Nc2cc(F)c(F)c(F)c2)CCOCC1. The number of anilines is 1. The first-order chi connectivity index (χ1) is 9.48. The van der Waals surface area contributed by atoms with Gasteiger partial charge in [0.1, 0.15) is 0 Å². The molecule has 1 fully saturated rings. The van der Waals surface area contributed by atoms with Gasteiger partial charge in [0.2, 0.25) is 5.91 Å². The van der Waals surface area contributed by atoms with Crippen molar-refractivity contribution in [1.29, 1.82) is 0 Å². The maximum atomic E-state index is 13.1. The van der Waals surface area contributed by atoms with E-state index >= 15 is 0 Å². The predicted octanol–water partition coefficient (Wildman–Crippen LogP) is 1.80. The van der Waals surface area contributed by atoms with Crippen LogP contribution in [0, 0.1) is 22.9 Å². The Morgan fingerprint density at radius 2 is 1.80 bits per heavy atom. The topological polar surface area (TPSA) is 64.4 Å². The number of rotatable bonds is 3. The Morgan fingerprint density at radius 1 is 1.25 bits per heavy atom. The molecule has 4 nitrogen and oxygen atoms in total. The van der Waals surface area contributed by atoms with Crippen LogP contribution in [0.2, 0.25) is 0 Å². The Bertz CT molecular complexity index is 493. The lowest BCUT2D eigenvalue weighted by Gasteiger charge is -2.34. The van der Waals surface area contributed by atoms with E-state index in [-0.39, 0.29) is 12.2 Å². The maximum Gasteiger partial charge on any atom is 0.232 e. The third-order valence-corrected chi connectivity index (χ3v) is 3.56. The van der Waals surface area contributed by atoms with Gasteiger partial charge >= 0.3 is 0 Å². The number of amides is 1. The van der Waals surface area contributed by atoms with Crippen LogP contribution in [-0.4, -0.2) is 25.7 Å². The lowest BCUT2D eigenvalue weighted by atomic mass is 9.79. The van der Waals surface area contributed by atoms with Crippen molar-refractivity contribution in [1.82, 2.24) is 0 Å². The van der Waals surface area contributed by atoms with E-state index in [2.05, 4.69) is 5.32 Å². The van der Waals surface area contributed by atoms with Gasteiger partial charge in [0.15, 0.2) is 17.5 Å². The van der Waals surface area contributed by atoms with Gasteiger partial charge in [0.25, 0.3) is 0 Å². The third-order valence-electron chi connectivity index (χ3n) is 3.56. The molecule has 1 aliphatic rings. The fourth-order valence-corrected chi connectivity index (χ4v) is 2.18. The predicted molar refractivity (Wildman–Crippen MR) is 66.5 cm³/mol. The second-order valence-electron chi connectivity index (χ2n) is 4.80. The van der Waals surface area contributed by atoms with E-state index < -0.39 is 28.8 Å². The molecule has 0 atom stereocenters. The molecule has 3 N–H and O–H groups in total. The Hall–Kier alpha value is -1.60. The smallest absolute Gasteiger partial charge is 0.232 e. The minimum absolute atomic E-state index is 0.106. The number of benzene rings is 1. The fraction of sp³-hybridized carbons (Fsp3) is 0.462. The molecule has 1 amide bonds. The van der Waals surface area contributed by atoms with Crippen LogP contribution in [-0.2, 0) is 9.53 Å². The lowest BCUT2D eigenvalue weighted by Crippen LogP contribution is -2.46. The van der Waals surface area contributed by atoms with Crippen molar-refractivity contribution in [2.24, 2.45) is 11.1 Å². The van der Waals surface area contributed by atoms with E-state index in [1.54, 1.807) is 0 Å². The number of carbonyl (C=O) groups is 1. The van der Waals surface area contributed by atoms with Crippen LogP contribution >= 0.6 is 0 Å². The molecule has 0 spiro atoms. The molecule has 0 aliphatic carbocycles. The standard InChI is InChI=1S/C13H15F3N2O2/c14-9-5-8(6-10(15)11(9)16)18-12(19)13(7-17)1-3-20-4-2-13/h5-6H,1-4,7,17H2,(H,18,19). The van der Waals surface area contributed by atoms with E-state index in [0.29, 0.717) is 26.1 Å². The summed E-state index contributed by atoms with van der Waals surface area (Å²) >= 11 is 0. The number of nitrogens with one attached hydrogen (secondary N) is 1. The molecule has 0 unspecified atom stereocenters. The van der Waals surface area contributed by atoms with Crippen molar-refractivity contribution in [3.63, 3.8) is 0 Å². The zero-order chi connectivity index (χ0) is 14.8. The van der Waals surface area contributed by atoms with Gasteiger partial charge in [-0.2, -0.15) is 0 Å². The number of ether oxygens (including phenoxy) is 1. The molecule has 0 radical (unpaired) electrons. The van der Waals surface area contributed by atoms with Gasteiger partial charge in [-0.3, -0.25) is 4.79 Å². The molecule has 1 heterocycles. The minimum atomic E-state index is -1.57. The van der Waals surface area contributed by atoms with Gasteiger partial charge in [0.05, 0.1) is 5.41 Å². The highest BCUT2D eigenvalue weighted by atomic mass is 19.2. The monoisotopic (exact) mass is 288 g/mol. The largest absolute Gasteiger partial charge is 0.381 e. The Morgan fingerprint density at radius 3 is 2.30 bits per heavy atom. The van der Waals surface area contributed by atoms with Crippen LogP contribution in [0.5, 0.6) is 0 Å². The molecule has 7 heteroatoms. The van der Waals surface area contributed by atoms with Crippen molar-refractivity contribution in [3.8, 4) is 0 Å². The summed E-state index contributed by atoms with van der Waals surface area (Å²) in [5.41, 5.74) is 4.70. The molecule has 0 saturated carbocycles. The second kappa shape index (κ2) is 5.80. The lowest BCUT2D eigenvalue weighted by molar-refractivity contribution is -0.130. The first kappa shape index (κ1) is 14.8. The van der Waals surface area contributed by atoms with E-state index in [4.69, 9.17) is 10.5 Å². The van der Waals surface area contributed by atoms with Gasteiger partial charge in [-0.15, -0.1) is 0 Å². The van der Waals surface area contributed by atoms with Crippen LogP contribution < -0.4 is 11.1 Å². The molecule has 20 heavy (non-hydrogen) atoms.